The molecule has 3 nitrogen and oxygen atoms in total. The standard InChI is InChI=1S/C35H58O3/c36-32-12-6-3-9-25(32)20-26-17-22(13-15-33(26)37)18-27-19-24-8-2-5-11-29(24)31-21-30-28-10-4-1-7-23(28)14-16-34(30)38-35(27)31/h22-37H,1-21H2. The van der Waals surface area contributed by atoms with Crippen molar-refractivity contribution in [3.05, 3.63) is 0 Å². The first-order valence-electron chi connectivity index (χ1n) is 17.7. The van der Waals surface area contributed by atoms with Gasteiger partial charge in [-0.25, -0.2) is 0 Å². The van der Waals surface area contributed by atoms with E-state index in [4.69, 9.17) is 4.74 Å². The third kappa shape index (κ3) is 5.29. The van der Waals surface area contributed by atoms with E-state index in [2.05, 4.69) is 0 Å². The van der Waals surface area contributed by atoms with E-state index in [1.807, 2.05) is 0 Å². The van der Waals surface area contributed by atoms with Crippen LogP contribution in [0.1, 0.15) is 135 Å². The zero-order valence-electron chi connectivity index (χ0n) is 24.2. The molecule has 2 N–H and O–H groups in total. The van der Waals surface area contributed by atoms with Crippen molar-refractivity contribution in [3.8, 4) is 0 Å². The number of ether oxygens (including phenoxy) is 1. The SMILES string of the molecule is OC1CCCCC1CC1CC(CC2CC3CCCCC3C3CC4C(CCC5CCCCC54)OC23)CCC1O. The van der Waals surface area contributed by atoms with Crippen LogP contribution in [0, 0.1) is 59.2 Å². The van der Waals surface area contributed by atoms with Crippen LogP contribution in [0.5, 0.6) is 0 Å². The minimum absolute atomic E-state index is 0.124. The first kappa shape index (κ1) is 26.8. The van der Waals surface area contributed by atoms with E-state index in [9.17, 15) is 10.2 Å². The van der Waals surface area contributed by atoms with Crippen molar-refractivity contribution in [2.75, 3.05) is 0 Å². The van der Waals surface area contributed by atoms with Crippen molar-refractivity contribution < 1.29 is 14.9 Å². The van der Waals surface area contributed by atoms with Crippen LogP contribution in [0.25, 0.3) is 0 Å². The normalized spacial score (nSPS) is 53.2. The lowest BCUT2D eigenvalue weighted by Crippen LogP contribution is -2.56. The summed E-state index contributed by atoms with van der Waals surface area (Å²) >= 11 is 0. The van der Waals surface area contributed by atoms with E-state index in [0.29, 0.717) is 24.0 Å². The Morgan fingerprint density at radius 3 is 2.03 bits per heavy atom. The van der Waals surface area contributed by atoms with Gasteiger partial charge in [0, 0.05) is 0 Å². The molecule has 216 valence electrons. The Labute approximate surface area is 233 Å². The summed E-state index contributed by atoms with van der Waals surface area (Å²) < 4.78 is 7.35. The van der Waals surface area contributed by atoms with Gasteiger partial charge in [-0.15, -0.1) is 0 Å². The fraction of sp³-hybridized carbons (Fsp3) is 1.00. The molecule has 6 aliphatic carbocycles. The maximum Gasteiger partial charge on any atom is 0.0638 e. The molecule has 0 bridgehead atoms. The summed E-state index contributed by atoms with van der Waals surface area (Å²) in [4.78, 5) is 0. The predicted octanol–water partition coefficient (Wildman–Crippen LogP) is 7.91. The molecule has 1 saturated heterocycles. The molecule has 38 heavy (non-hydrogen) atoms. The second-order valence-corrected chi connectivity index (χ2v) is 15.8. The van der Waals surface area contributed by atoms with Crippen LogP contribution in [-0.2, 0) is 4.74 Å². The van der Waals surface area contributed by atoms with Gasteiger partial charge in [0.15, 0.2) is 0 Å². The number of rotatable bonds is 4. The Hall–Kier alpha value is -0.120. The van der Waals surface area contributed by atoms with Crippen molar-refractivity contribution in [3.63, 3.8) is 0 Å². The molecule has 14 unspecified atom stereocenters. The fourth-order valence-corrected chi connectivity index (χ4v) is 12.1. The van der Waals surface area contributed by atoms with Crippen LogP contribution in [-0.4, -0.2) is 34.6 Å². The monoisotopic (exact) mass is 526 g/mol. The summed E-state index contributed by atoms with van der Waals surface area (Å²) in [7, 11) is 0. The van der Waals surface area contributed by atoms with Crippen molar-refractivity contribution in [1.82, 2.24) is 0 Å². The molecule has 3 heteroatoms. The summed E-state index contributed by atoms with van der Waals surface area (Å²) in [6.45, 7) is 0. The number of fused-ring (bicyclic) bond motifs is 6. The average molecular weight is 527 g/mol. The molecule has 1 aliphatic heterocycles. The Bertz CT molecular complexity index is 783. The molecule has 1 heterocycles. The first-order valence-corrected chi connectivity index (χ1v) is 17.7. The molecule has 7 fully saturated rings. The molecule has 14 atom stereocenters. The third-order valence-corrected chi connectivity index (χ3v) is 13.9. The van der Waals surface area contributed by atoms with Gasteiger partial charge < -0.3 is 14.9 Å². The largest absolute Gasteiger partial charge is 0.393 e. The van der Waals surface area contributed by atoms with E-state index >= 15 is 0 Å². The highest BCUT2D eigenvalue weighted by molar-refractivity contribution is 5.03. The van der Waals surface area contributed by atoms with Crippen molar-refractivity contribution in [2.45, 2.75) is 159 Å². The summed E-state index contributed by atoms with van der Waals surface area (Å²) in [5.74, 6) is 7.95. The van der Waals surface area contributed by atoms with Crippen LogP contribution < -0.4 is 0 Å². The van der Waals surface area contributed by atoms with Crippen molar-refractivity contribution in [1.29, 1.82) is 0 Å². The molecule has 0 aromatic heterocycles. The average Bonchev–Trinajstić information content (AvgIpc) is 2.95. The first-order chi connectivity index (χ1) is 18.6. The van der Waals surface area contributed by atoms with Gasteiger partial charge in [-0.1, -0.05) is 51.4 Å². The van der Waals surface area contributed by atoms with Gasteiger partial charge in [0.25, 0.3) is 0 Å². The molecule has 0 aromatic rings. The lowest BCUT2D eigenvalue weighted by Gasteiger charge is -2.58. The summed E-state index contributed by atoms with van der Waals surface area (Å²) in [6, 6.07) is 0. The topological polar surface area (TPSA) is 49.7 Å². The Balaban J connectivity index is 1.05. The third-order valence-electron chi connectivity index (χ3n) is 13.9. The van der Waals surface area contributed by atoms with Gasteiger partial charge in [0.2, 0.25) is 0 Å². The quantitative estimate of drug-likeness (QED) is 0.391. The molecule has 7 rings (SSSR count). The number of aliphatic hydroxyl groups is 2. The van der Waals surface area contributed by atoms with Gasteiger partial charge in [-0.3, -0.25) is 0 Å². The van der Waals surface area contributed by atoms with Crippen LogP contribution >= 0.6 is 0 Å². The van der Waals surface area contributed by atoms with E-state index in [-0.39, 0.29) is 12.2 Å². The maximum absolute atomic E-state index is 11.0. The molecule has 6 saturated carbocycles. The van der Waals surface area contributed by atoms with Crippen LogP contribution in [0.3, 0.4) is 0 Å². The van der Waals surface area contributed by atoms with Gasteiger partial charge in [0.05, 0.1) is 24.4 Å². The lowest BCUT2D eigenvalue weighted by atomic mass is 9.53. The molecule has 7 aliphatic rings. The van der Waals surface area contributed by atoms with Crippen molar-refractivity contribution >= 4 is 0 Å². The zero-order chi connectivity index (χ0) is 25.6. The van der Waals surface area contributed by atoms with E-state index < -0.39 is 0 Å². The number of hydrogen-bond acceptors (Lipinski definition) is 3. The Morgan fingerprint density at radius 1 is 0.474 bits per heavy atom. The molecular formula is C35H58O3. The molecular weight excluding hydrogens is 468 g/mol. The molecule has 0 aromatic carbocycles. The van der Waals surface area contributed by atoms with E-state index in [0.717, 1.165) is 66.6 Å². The highest BCUT2D eigenvalue weighted by atomic mass is 16.5. The van der Waals surface area contributed by atoms with Crippen LogP contribution in [0.4, 0.5) is 0 Å². The molecule has 0 amide bonds. The Kier molecular flexibility index (Phi) is 8.19. The highest BCUT2D eigenvalue weighted by Crippen LogP contribution is 2.58. The number of hydrogen-bond donors (Lipinski definition) is 2. The maximum atomic E-state index is 11.0. The second kappa shape index (κ2) is 11.6. The zero-order valence-corrected chi connectivity index (χ0v) is 24.2. The summed E-state index contributed by atoms with van der Waals surface area (Å²) in [5, 5.41) is 21.6. The van der Waals surface area contributed by atoms with Crippen LogP contribution in [0.2, 0.25) is 0 Å². The minimum atomic E-state index is -0.139. The number of aliphatic hydroxyl groups excluding tert-OH is 2. The fourth-order valence-electron chi connectivity index (χ4n) is 12.1. The minimum Gasteiger partial charge on any atom is -0.393 e. The van der Waals surface area contributed by atoms with Gasteiger partial charge in [0.1, 0.15) is 0 Å². The lowest BCUT2D eigenvalue weighted by molar-refractivity contribution is -0.211. The molecule has 0 radical (unpaired) electrons. The summed E-state index contributed by atoms with van der Waals surface area (Å²) in [6.07, 6.45) is 28.8. The van der Waals surface area contributed by atoms with Gasteiger partial charge in [-0.05, 0) is 143 Å². The molecule has 0 spiro atoms. The highest BCUT2D eigenvalue weighted by Gasteiger charge is 2.54. The second-order valence-electron chi connectivity index (χ2n) is 15.8. The summed E-state index contributed by atoms with van der Waals surface area (Å²) in [5.41, 5.74) is 0. The van der Waals surface area contributed by atoms with Crippen molar-refractivity contribution in [2.24, 2.45) is 59.2 Å². The van der Waals surface area contributed by atoms with E-state index in [1.165, 1.54) is 116 Å². The van der Waals surface area contributed by atoms with E-state index in [1.54, 1.807) is 0 Å². The van der Waals surface area contributed by atoms with Gasteiger partial charge >= 0.3 is 0 Å². The predicted molar refractivity (Wildman–Crippen MR) is 153 cm³/mol. The van der Waals surface area contributed by atoms with Crippen LogP contribution in [0.15, 0.2) is 0 Å². The smallest absolute Gasteiger partial charge is 0.0638 e. The van der Waals surface area contributed by atoms with Gasteiger partial charge in [-0.2, -0.15) is 0 Å². The Morgan fingerprint density at radius 2 is 1.18 bits per heavy atom.